The Hall–Kier alpha value is -0.500. The van der Waals surface area contributed by atoms with Crippen LogP contribution in [0.5, 0.6) is 0 Å². The van der Waals surface area contributed by atoms with Crippen molar-refractivity contribution >= 4 is 13.7 Å². The maximum atomic E-state index is 12.1. The zero-order valence-corrected chi connectivity index (χ0v) is 25.0. The molecule has 0 aliphatic heterocycles. The van der Waals surface area contributed by atoms with E-state index in [2.05, 4.69) is 12.2 Å². The molecule has 0 aromatic heterocycles. The van der Waals surface area contributed by atoms with Crippen molar-refractivity contribution in [2.24, 2.45) is 0 Å². The van der Waals surface area contributed by atoms with E-state index in [-0.39, 0.29) is 25.7 Å². The number of unbranched alkanes of at least 4 members (excludes halogenated alkanes) is 14. The molecular formula is C27H58N2O6P+. The van der Waals surface area contributed by atoms with Crippen LogP contribution in [0.4, 0.5) is 0 Å². The van der Waals surface area contributed by atoms with Gasteiger partial charge in [-0.2, -0.15) is 0 Å². The monoisotopic (exact) mass is 537 g/mol. The van der Waals surface area contributed by atoms with Gasteiger partial charge in [-0.3, -0.25) is 13.8 Å². The SMILES string of the molecule is CCCCCCCCCCCCCCCCCC(=O)NCC(COP(=O)(O)OCC[N+](C)(C)C)OC. The van der Waals surface area contributed by atoms with Crippen LogP contribution in [-0.4, -0.2) is 75.9 Å². The van der Waals surface area contributed by atoms with E-state index in [4.69, 9.17) is 13.8 Å². The fourth-order valence-electron chi connectivity index (χ4n) is 3.83. The molecule has 2 unspecified atom stereocenters. The second-order valence-electron chi connectivity index (χ2n) is 11.0. The molecule has 0 spiro atoms. The highest BCUT2D eigenvalue weighted by Gasteiger charge is 2.24. The third-order valence-electron chi connectivity index (χ3n) is 6.31. The number of phosphoric ester groups is 1. The van der Waals surface area contributed by atoms with E-state index in [1.807, 2.05) is 21.1 Å². The van der Waals surface area contributed by atoms with Crippen molar-refractivity contribution in [3.8, 4) is 0 Å². The van der Waals surface area contributed by atoms with Crippen LogP contribution in [0, 0.1) is 0 Å². The van der Waals surface area contributed by atoms with Crippen molar-refractivity contribution in [3.05, 3.63) is 0 Å². The van der Waals surface area contributed by atoms with Crippen molar-refractivity contribution in [2.75, 3.05) is 54.6 Å². The summed E-state index contributed by atoms with van der Waals surface area (Å²) < 4.78 is 27.9. The maximum Gasteiger partial charge on any atom is 0.472 e. The molecule has 216 valence electrons. The van der Waals surface area contributed by atoms with Gasteiger partial charge in [-0.1, -0.05) is 96.8 Å². The molecule has 0 aromatic rings. The Labute approximate surface area is 222 Å². The Balaban J connectivity index is 3.65. The van der Waals surface area contributed by atoms with E-state index in [0.29, 0.717) is 17.4 Å². The van der Waals surface area contributed by atoms with E-state index in [9.17, 15) is 14.3 Å². The van der Waals surface area contributed by atoms with Gasteiger partial charge in [-0.25, -0.2) is 4.57 Å². The van der Waals surface area contributed by atoms with Crippen LogP contribution in [0.3, 0.4) is 0 Å². The zero-order chi connectivity index (χ0) is 27.1. The number of likely N-dealkylation sites (N-methyl/N-ethyl adjacent to an activating group) is 1. The number of methoxy groups -OCH3 is 1. The van der Waals surface area contributed by atoms with Crippen LogP contribution >= 0.6 is 7.82 Å². The van der Waals surface area contributed by atoms with Gasteiger partial charge in [0, 0.05) is 20.1 Å². The first-order chi connectivity index (χ1) is 17.1. The Morgan fingerprint density at radius 1 is 0.833 bits per heavy atom. The molecule has 1 amide bonds. The van der Waals surface area contributed by atoms with Gasteiger partial charge in [0.15, 0.2) is 0 Å². The molecule has 0 fully saturated rings. The van der Waals surface area contributed by atoms with E-state index < -0.39 is 13.9 Å². The summed E-state index contributed by atoms with van der Waals surface area (Å²) in [5.74, 6) is -0.0295. The number of carbonyl (C=O) groups is 1. The number of nitrogens with one attached hydrogen (secondary N) is 1. The summed E-state index contributed by atoms with van der Waals surface area (Å²) in [6.45, 7) is 3.06. The molecule has 0 aliphatic rings. The highest BCUT2D eigenvalue weighted by molar-refractivity contribution is 7.47. The van der Waals surface area contributed by atoms with E-state index >= 15 is 0 Å². The average Bonchev–Trinajstić information content (AvgIpc) is 2.80. The van der Waals surface area contributed by atoms with Crippen LogP contribution in [0.2, 0.25) is 0 Å². The highest BCUT2D eigenvalue weighted by Crippen LogP contribution is 2.43. The van der Waals surface area contributed by atoms with E-state index in [0.717, 1.165) is 12.8 Å². The molecule has 0 heterocycles. The molecule has 2 atom stereocenters. The smallest absolute Gasteiger partial charge is 0.377 e. The average molecular weight is 538 g/mol. The molecule has 2 N–H and O–H groups in total. The fraction of sp³-hybridized carbons (Fsp3) is 0.963. The predicted molar refractivity (Wildman–Crippen MR) is 148 cm³/mol. The number of ether oxygens (including phenoxy) is 1. The van der Waals surface area contributed by atoms with Crippen LogP contribution in [0.25, 0.3) is 0 Å². The van der Waals surface area contributed by atoms with E-state index in [1.54, 1.807) is 0 Å². The third kappa shape index (κ3) is 25.2. The summed E-state index contributed by atoms with van der Waals surface area (Å²) in [5, 5.41) is 2.82. The minimum atomic E-state index is -4.14. The van der Waals surface area contributed by atoms with Crippen LogP contribution in [0.1, 0.15) is 110 Å². The Morgan fingerprint density at radius 2 is 1.31 bits per heavy atom. The van der Waals surface area contributed by atoms with Crippen molar-refractivity contribution in [1.82, 2.24) is 5.32 Å². The Kier molecular flexibility index (Phi) is 22.2. The second kappa shape index (κ2) is 22.5. The lowest BCUT2D eigenvalue weighted by atomic mass is 10.0. The van der Waals surface area contributed by atoms with Crippen molar-refractivity contribution in [1.29, 1.82) is 0 Å². The third-order valence-corrected chi connectivity index (χ3v) is 7.29. The molecule has 0 saturated carbocycles. The number of amides is 1. The number of nitrogens with zero attached hydrogens (tertiary/aromatic N) is 1. The van der Waals surface area contributed by atoms with Crippen LogP contribution in [-0.2, 0) is 23.1 Å². The van der Waals surface area contributed by atoms with Gasteiger partial charge in [0.1, 0.15) is 13.2 Å². The first kappa shape index (κ1) is 35.5. The van der Waals surface area contributed by atoms with Gasteiger partial charge in [-0.05, 0) is 6.42 Å². The summed E-state index contributed by atoms with van der Waals surface area (Å²) in [6, 6.07) is 0. The Morgan fingerprint density at radius 3 is 1.75 bits per heavy atom. The fourth-order valence-corrected chi connectivity index (χ4v) is 4.57. The predicted octanol–water partition coefficient (Wildman–Crippen LogP) is 6.22. The first-order valence-corrected chi connectivity index (χ1v) is 15.8. The molecule has 8 nitrogen and oxygen atoms in total. The van der Waals surface area contributed by atoms with Gasteiger partial charge < -0.3 is 19.4 Å². The zero-order valence-electron chi connectivity index (χ0n) is 24.1. The molecule has 9 heteroatoms. The lowest BCUT2D eigenvalue weighted by Gasteiger charge is -2.24. The summed E-state index contributed by atoms with van der Waals surface area (Å²) in [6.07, 6.45) is 19.4. The van der Waals surface area contributed by atoms with Gasteiger partial charge >= 0.3 is 7.82 Å². The van der Waals surface area contributed by atoms with Gasteiger partial charge in [-0.15, -0.1) is 0 Å². The van der Waals surface area contributed by atoms with E-state index in [1.165, 1.54) is 90.6 Å². The van der Waals surface area contributed by atoms with Crippen LogP contribution < -0.4 is 5.32 Å². The summed E-state index contributed by atoms with van der Waals surface area (Å²) in [4.78, 5) is 21.9. The lowest BCUT2D eigenvalue weighted by molar-refractivity contribution is -0.870. The van der Waals surface area contributed by atoms with Crippen LogP contribution in [0.15, 0.2) is 0 Å². The number of quaternary nitrogens is 1. The molecule has 0 aliphatic carbocycles. The minimum absolute atomic E-state index is 0.0295. The largest absolute Gasteiger partial charge is 0.472 e. The highest BCUT2D eigenvalue weighted by atomic mass is 31.2. The van der Waals surface area contributed by atoms with Crippen molar-refractivity contribution < 1.29 is 32.5 Å². The molecule has 0 rings (SSSR count). The number of phosphoric acid groups is 1. The minimum Gasteiger partial charge on any atom is -0.377 e. The molecule has 0 saturated heterocycles. The topological polar surface area (TPSA) is 94.1 Å². The number of hydrogen-bond acceptors (Lipinski definition) is 5. The lowest BCUT2D eigenvalue weighted by Crippen LogP contribution is -2.37. The van der Waals surface area contributed by atoms with Gasteiger partial charge in [0.25, 0.3) is 0 Å². The Bertz CT molecular complexity index is 571. The molecule has 36 heavy (non-hydrogen) atoms. The van der Waals surface area contributed by atoms with Crippen molar-refractivity contribution in [3.63, 3.8) is 0 Å². The summed E-state index contributed by atoms with van der Waals surface area (Å²) in [7, 11) is 3.24. The standard InChI is InChI=1S/C27H57N2O6P/c1-6-7-8-9-10-11-12-13-14-15-16-17-18-19-20-21-27(30)28-24-26(33-5)25-35-36(31,32)34-23-22-29(2,3)4/h26H,6-25H2,1-5H3,(H-,28,30,31,32)/p+1. The molecule has 0 bridgehead atoms. The van der Waals surface area contributed by atoms with Gasteiger partial charge in [0.05, 0.1) is 33.9 Å². The van der Waals surface area contributed by atoms with Crippen molar-refractivity contribution in [2.45, 2.75) is 116 Å². The summed E-state index contributed by atoms with van der Waals surface area (Å²) >= 11 is 0. The second-order valence-corrected chi connectivity index (χ2v) is 12.4. The molecule has 0 aromatic carbocycles. The first-order valence-electron chi connectivity index (χ1n) is 14.3. The summed E-state index contributed by atoms with van der Waals surface area (Å²) in [5.41, 5.74) is 0. The number of carbonyl (C=O) groups excluding carboxylic acids is 1. The molecular weight excluding hydrogens is 479 g/mol. The van der Waals surface area contributed by atoms with Gasteiger partial charge in [0.2, 0.25) is 5.91 Å². The molecule has 0 radical (unpaired) electrons. The number of hydrogen-bond donors (Lipinski definition) is 2. The number of rotatable bonds is 26. The quantitative estimate of drug-likeness (QED) is 0.0773. The normalized spacial score (nSPS) is 14.5. The maximum absolute atomic E-state index is 12.1.